The van der Waals surface area contributed by atoms with E-state index < -0.39 is 0 Å². The van der Waals surface area contributed by atoms with Crippen LogP contribution in [0.3, 0.4) is 0 Å². The summed E-state index contributed by atoms with van der Waals surface area (Å²) in [5.41, 5.74) is 2.84. The Morgan fingerprint density at radius 2 is 2.36 bits per heavy atom. The van der Waals surface area contributed by atoms with E-state index in [1.54, 1.807) is 11.3 Å². The van der Waals surface area contributed by atoms with Crippen LogP contribution in [0.1, 0.15) is 4.88 Å². The zero-order valence-corrected chi connectivity index (χ0v) is 10.9. The standard InChI is InChI=1S/C9H16BrN3S/c1-13(2)5-8(12-11)4-9-3-7(10)6-14-9/h3,6,8,12H,4-5,11H2,1-2H3. The molecule has 1 aromatic rings. The molecule has 3 nitrogen and oxygen atoms in total. The number of nitrogens with two attached hydrogens (primary N) is 1. The van der Waals surface area contributed by atoms with E-state index in [2.05, 4.69) is 51.8 Å². The molecule has 0 spiro atoms. The second-order valence-electron chi connectivity index (χ2n) is 3.56. The highest BCUT2D eigenvalue weighted by Crippen LogP contribution is 2.20. The Kier molecular flexibility index (Phi) is 5.05. The van der Waals surface area contributed by atoms with E-state index >= 15 is 0 Å². The molecule has 0 aromatic carbocycles. The molecule has 0 bridgehead atoms. The molecule has 1 atom stereocenters. The van der Waals surface area contributed by atoms with Crippen LogP contribution in [0, 0.1) is 0 Å². The molecule has 0 amide bonds. The number of halogens is 1. The summed E-state index contributed by atoms with van der Waals surface area (Å²) in [5.74, 6) is 5.49. The summed E-state index contributed by atoms with van der Waals surface area (Å²) in [6, 6.07) is 2.46. The van der Waals surface area contributed by atoms with Gasteiger partial charge in [0.25, 0.3) is 0 Å². The van der Waals surface area contributed by atoms with Crippen molar-refractivity contribution in [2.75, 3.05) is 20.6 Å². The van der Waals surface area contributed by atoms with E-state index in [0.29, 0.717) is 6.04 Å². The van der Waals surface area contributed by atoms with Gasteiger partial charge in [-0.3, -0.25) is 11.3 Å². The predicted octanol–water partition coefficient (Wildman–Crippen LogP) is 1.45. The molecule has 5 heteroatoms. The molecule has 0 radical (unpaired) electrons. The van der Waals surface area contributed by atoms with Gasteiger partial charge in [0.2, 0.25) is 0 Å². The summed E-state index contributed by atoms with van der Waals surface area (Å²) in [6.07, 6.45) is 0.977. The second kappa shape index (κ2) is 5.82. The first kappa shape index (κ1) is 12.1. The third-order valence-electron chi connectivity index (χ3n) is 1.89. The van der Waals surface area contributed by atoms with Crippen LogP contribution in [0.5, 0.6) is 0 Å². The van der Waals surface area contributed by atoms with Gasteiger partial charge in [0, 0.05) is 27.3 Å². The molecule has 0 saturated carbocycles. The minimum Gasteiger partial charge on any atom is -0.308 e. The van der Waals surface area contributed by atoms with Gasteiger partial charge in [-0.1, -0.05) is 0 Å². The van der Waals surface area contributed by atoms with Gasteiger partial charge in [0.1, 0.15) is 0 Å². The van der Waals surface area contributed by atoms with Crippen LogP contribution < -0.4 is 11.3 Å². The van der Waals surface area contributed by atoms with Gasteiger partial charge in [0.15, 0.2) is 0 Å². The number of nitrogens with zero attached hydrogens (tertiary/aromatic N) is 1. The van der Waals surface area contributed by atoms with E-state index in [1.165, 1.54) is 4.88 Å². The zero-order chi connectivity index (χ0) is 10.6. The van der Waals surface area contributed by atoms with Gasteiger partial charge >= 0.3 is 0 Å². The molecule has 1 heterocycles. The second-order valence-corrected chi connectivity index (χ2v) is 5.47. The van der Waals surface area contributed by atoms with Crippen LogP contribution in [0.25, 0.3) is 0 Å². The van der Waals surface area contributed by atoms with Gasteiger partial charge in [-0.25, -0.2) is 0 Å². The topological polar surface area (TPSA) is 41.3 Å². The first-order chi connectivity index (χ1) is 6.61. The van der Waals surface area contributed by atoms with Crippen molar-refractivity contribution in [3.8, 4) is 0 Å². The van der Waals surface area contributed by atoms with Gasteiger partial charge < -0.3 is 4.90 Å². The van der Waals surface area contributed by atoms with Crippen molar-refractivity contribution >= 4 is 27.3 Å². The van der Waals surface area contributed by atoms with Gasteiger partial charge in [-0.05, 0) is 42.5 Å². The molecule has 1 unspecified atom stereocenters. The van der Waals surface area contributed by atoms with Crippen molar-refractivity contribution in [2.45, 2.75) is 12.5 Å². The van der Waals surface area contributed by atoms with Crippen LogP contribution in [-0.4, -0.2) is 31.6 Å². The molecule has 80 valence electrons. The molecule has 0 aliphatic rings. The first-order valence-corrected chi connectivity index (χ1v) is 6.13. The molecule has 1 aromatic heterocycles. The molecular weight excluding hydrogens is 262 g/mol. The number of hydrazine groups is 1. The SMILES string of the molecule is CN(C)CC(Cc1cc(Br)cs1)NN. The van der Waals surface area contributed by atoms with Crippen molar-refractivity contribution < 1.29 is 0 Å². The van der Waals surface area contributed by atoms with Crippen LogP contribution in [0.15, 0.2) is 15.9 Å². The van der Waals surface area contributed by atoms with E-state index in [4.69, 9.17) is 5.84 Å². The summed E-state index contributed by atoms with van der Waals surface area (Å²) in [4.78, 5) is 3.48. The largest absolute Gasteiger partial charge is 0.308 e. The molecule has 0 fully saturated rings. The predicted molar refractivity (Wildman–Crippen MR) is 65.4 cm³/mol. The van der Waals surface area contributed by atoms with Crippen LogP contribution in [-0.2, 0) is 6.42 Å². The first-order valence-electron chi connectivity index (χ1n) is 4.45. The number of thiophene rings is 1. The maximum atomic E-state index is 5.49. The average molecular weight is 278 g/mol. The maximum Gasteiger partial charge on any atom is 0.0385 e. The highest BCUT2D eigenvalue weighted by atomic mass is 79.9. The zero-order valence-electron chi connectivity index (χ0n) is 8.46. The van der Waals surface area contributed by atoms with E-state index in [9.17, 15) is 0 Å². The van der Waals surface area contributed by atoms with Crippen molar-refractivity contribution in [3.63, 3.8) is 0 Å². The smallest absolute Gasteiger partial charge is 0.0385 e. The fraction of sp³-hybridized carbons (Fsp3) is 0.556. The Balaban J connectivity index is 2.48. The number of nitrogens with one attached hydrogen (secondary N) is 1. The number of hydrogen-bond acceptors (Lipinski definition) is 4. The van der Waals surface area contributed by atoms with Crippen molar-refractivity contribution in [2.24, 2.45) is 5.84 Å². The fourth-order valence-corrected chi connectivity index (χ4v) is 2.85. The Morgan fingerprint density at radius 1 is 1.64 bits per heavy atom. The van der Waals surface area contributed by atoms with Crippen molar-refractivity contribution in [3.05, 3.63) is 20.8 Å². The highest BCUT2D eigenvalue weighted by Gasteiger charge is 2.09. The molecule has 1 rings (SSSR count). The van der Waals surface area contributed by atoms with Gasteiger partial charge in [-0.15, -0.1) is 11.3 Å². The van der Waals surface area contributed by atoms with Gasteiger partial charge in [0.05, 0.1) is 0 Å². The van der Waals surface area contributed by atoms with E-state index in [0.717, 1.165) is 17.4 Å². The Hall–Kier alpha value is 0.0600. The third-order valence-corrected chi connectivity index (χ3v) is 3.61. The molecule has 0 saturated heterocycles. The Labute approximate surface area is 97.4 Å². The number of rotatable bonds is 5. The summed E-state index contributed by atoms with van der Waals surface area (Å²) < 4.78 is 1.15. The quantitative estimate of drug-likeness (QED) is 0.632. The summed E-state index contributed by atoms with van der Waals surface area (Å²) in [5, 5.41) is 2.10. The molecule has 14 heavy (non-hydrogen) atoms. The van der Waals surface area contributed by atoms with Crippen LogP contribution in [0.4, 0.5) is 0 Å². The molecular formula is C9H16BrN3S. The minimum absolute atomic E-state index is 0.315. The summed E-state index contributed by atoms with van der Waals surface area (Å²) in [7, 11) is 4.10. The fourth-order valence-electron chi connectivity index (χ4n) is 1.32. The number of hydrogen-bond donors (Lipinski definition) is 2. The summed E-state index contributed by atoms with van der Waals surface area (Å²) >= 11 is 5.20. The van der Waals surface area contributed by atoms with Gasteiger partial charge in [-0.2, -0.15) is 0 Å². The summed E-state index contributed by atoms with van der Waals surface area (Å²) in [6.45, 7) is 0.950. The molecule has 3 N–H and O–H groups in total. The lowest BCUT2D eigenvalue weighted by Crippen LogP contribution is -2.43. The van der Waals surface area contributed by atoms with Crippen LogP contribution >= 0.6 is 27.3 Å². The minimum atomic E-state index is 0.315. The average Bonchev–Trinajstić information content (AvgIpc) is 2.49. The number of likely N-dealkylation sites (N-methyl/N-ethyl adjacent to an activating group) is 1. The normalized spacial score (nSPS) is 13.5. The lowest BCUT2D eigenvalue weighted by atomic mass is 10.2. The molecule has 0 aliphatic heterocycles. The highest BCUT2D eigenvalue weighted by molar-refractivity contribution is 9.10. The van der Waals surface area contributed by atoms with Crippen molar-refractivity contribution in [1.82, 2.24) is 10.3 Å². The lowest BCUT2D eigenvalue weighted by molar-refractivity contribution is 0.339. The van der Waals surface area contributed by atoms with Crippen LogP contribution in [0.2, 0.25) is 0 Å². The lowest BCUT2D eigenvalue weighted by Gasteiger charge is -2.19. The van der Waals surface area contributed by atoms with Crippen molar-refractivity contribution in [1.29, 1.82) is 0 Å². The Bertz CT molecular complexity index is 275. The van der Waals surface area contributed by atoms with E-state index in [-0.39, 0.29) is 0 Å². The third kappa shape index (κ3) is 4.06. The van der Waals surface area contributed by atoms with E-state index in [1.807, 2.05) is 0 Å². The monoisotopic (exact) mass is 277 g/mol. The Morgan fingerprint density at radius 3 is 2.79 bits per heavy atom. The molecule has 0 aliphatic carbocycles. The maximum absolute atomic E-state index is 5.49.